The number of hydrogen-bond acceptors (Lipinski definition) is 5. The van der Waals surface area contributed by atoms with Crippen LogP contribution in [0, 0.1) is 0 Å². The Bertz CT molecular complexity index is 432. The Morgan fingerprint density at radius 3 is 2.80 bits per heavy atom. The number of likely N-dealkylation sites (N-methyl/N-ethyl adjacent to an activating group) is 1. The highest BCUT2D eigenvalue weighted by molar-refractivity contribution is 5.50. The van der Waals surface area contributed by atoms with Crippen LogP contribution in [0.5, 0.6) is 0 Å². The first-order valence-electron chi connectivity index (χ1n) is 7.67. The molecule has 0 radical (unpaired) electrons. The summed E-state index contributed by atoms with van der Waals surface area (Å²) < 4.78 is 0. The fourth-order valence-corrected chi connectivity index (χ4v) is 2.66. The molecule has 0 saturated carbocycles. The van der Waals surface area contributed by atoms with E-state index in [-0.39, 0.29) is 0 Å². The van der Waals surface area contributed by atoms with E-state index in [1.165, 1.54) is 12.8 Å². The second-order valence-electron chi connectivity index (χ2n) is 5.62. The number of aryl methyl sites for hydroxylation is 1. The molecule has 5 heteroatoms. The summed E-state index contributed by atoms with van der Waals surface area (Å²) in [6, 6.07) is 2.70. The van der Waals surface area contributed by atoms with Crippen LogP contribution in [-0.4, -0.2) is 54.6 Å². The number of rotatable bonds is 5. The van der Waals surface area contributed by atoms with Crippen molar-refractivity contribution in [3.05, 3.63) is 11.9 Å². The predicted molar refractivity (Wildman–Crippen MR) is 84.5 cm³/mol. The lowest BCUT2D eigenvalue weighted by atomic mass is 10.1. The van der Waals surface area contributed by atoms with Gasteiger partial charge in [0.15, 0.2) is 0 Å². The average molecular weight is 277 g/mol. The van der Waals surface area contributed by atoms with Crippen molar-refractivity contribution in [1.82, 2.24) is 14.9 Å². The van der Waals surface area contributed by atoms with Crippen LogP contribution in [0.25, 0.3) is 0 Å². The lowest BCUT2D eigenvalue weighted by Crippen LogP contribution is -2.45. The number of anilines is 2. The van der Waals surface area contributed by atoms with E-state index in [0.29, 0.717) is 6.04 Å². The summed E-state index contributed by atoms with van der Waals surface area (Å²) in [6.45, 7) is 7.23. The summed E-state index contributed by atoms with van der Waals surface area (Å²) >= 11 is 0. The molecule has 0 aliphatic carbocycles. The topological polar surface area (TPSA) is 44.3 Å². The number of nitrogens with zero attached hydrogens (tertiary/aromatic N) is 4. The fourth-order valence-electron chi connectivity index (χ4n) is 2.66. The van der Waals surface area contributed by atoms with Crippen molar-refractivity contribution in [3.63, 3.8) is 0 Å². The zero-order valence-corrected chi connectivity index (χ0v) is 13.2. The molecule has 2 heterocycles. The largest absolute Gasteiger partial charge is 0.370 e. The predicted octanol–water partition coefficient (Wildman–Crippen LogP) is 2.00. The quantitative estimate of drug-likeness (QED) is 0.892. The van der Waals surface area contributed by atoms with E-state index in [2.05, 4.69) is 54.1 Å². The number of nitrogens with one attached hydrogen (secondary N) is 1. The van der Waals surface area contributed by atoms with Gasteiger partial charge in [-0.15, -0.1) is 0 Å². The minimum Gasteiger partial charge on any atom is -0.370 e. The first kappa shape index (κ1) is 15.0. The van der Waals surface area contributed by atoms with E-state index in [1.54, 1.807) is 0 Å². The Morgan fingerprint density at radius 1 is 1.35 bits per heavy atom. The van der Waals surface area contributed by atoms with E-state index in [4.69, 9.17) is 4.98 Å². The van der Waals surface area contributed by atoms with Gasteiger partial charge in [0, 0.05) is 38.2 Å². The molecule has 1 aliphatic heterocycles. The van der Waals surface area contributed by atoms with Gasteiger partial charge >= 0.3 is 0 Å². The van der Waals surface area contributed by atoms with E-state index in [9.17, 15) is 0 Å². The Hall–Kier alpha value is -1.36. The lowest BCUT2D eigenvalue weighted by Gasteiger charge is -2.37. The molecular formula is C15H27N5. The number of piperidine rings is 1. The van der Waals surface area contributed by atoms with Gasteiger partial charge in [0.1, 0.15) is 17.5 Å². The van der Waals surface area contributed by atoms with Crippen LogP contribution in [-0.2, 0) is 6.42 Å². The molecule has 1 aliphatic rings. The highest BCUT2D eigenvalue weighted by Gasteiger charge is 2.22. The Labute approximate surface area is 122 Å². The van der Waals surface area contributed by atoms with E-state index in [1.807, 2.05) is 0 Å². The molecule has 1 aromatic heterocycles. The molecule has 20 heavy (non-hydrogen) atoms. The van der Waals surface area contributed by atoms with E-state index < -0.39 is 0 Å². The zero-order chi connectivity index (χ0) is 14.5. The van der Waals surface area contributed by atoms with Gasteiger partial charge in [-0.05, 0) is 33.9 Å². The fraction of sp³-hybridized carbons (Fsp3) is 0.733. The minimum atomic E-state index is 0.617. The number of hydrogen-bond donors (Lipinski definition) is 1. The molecular weight excluding hydrogens is 250 g/mol. The molecule has 2 rings (SSSR count). The van der Waals surface area contributed by atoms with Crippen LogP contribution in [0.4, 0.5) is 11.6 Å². The van der Waals surface area contributed by atoms with Crippen LogP contribution < -0.4 is 10.2 Å². The maximum atomic E-state index is 4.71. The van der Waals surface area contributed by atoms with Gasteiger partial charge in [0.05, 0.1) is 0 Å². The first-order valence-corrected chi connectivity index (χ1v) is 7.67. The van der Waals surface area contributed by atoms with Crippen molar-refractivity contribution in [1.29, 1.82) is 0 Å². The van der Waals surface area contributed by atoms with Crippen molar-refractivity contribution in [2.24, 2.45) is 0 Å². The summed E-state index contributed by atoms with van der Waals surface area (Å²) in [5.74, 6) is 2.94. The molecule has 5 nitrogen and oxygen atoms in total. The van der Waals surface area contributed by atoms with Crippen molar-refractivity contribution in [3.8, 4) is 0 Å². The summed E-state index contributed by atoms with van der Waals surface area (Å²) in [6.07, 6.45) is 3.37. The van der Waals surface area contributed by atoms with Crippen LogP contribution in [0.2, 0.25) is 0 Å². The molecule has 0 spiro atoms. The molecule has 0 aromatic carbocycles. The van der Waals surface area contributed by atoms with Gasteiger partial charge in [-0.25, -0.2) is 9.97 Å². The summed E-state index contributed by atoms with van der Waals surface area (Å²) in [5.41, 5.74) is 0. The Morgan fingerprint density at radius 2 is 2.15 bits per heavy atom. The molecule has 1 fully saturated rings. The lowest BCUT2D eigenvalue weighted by molar-refractivity contribution is 0.257. The first-order chi connectivity index (χ1) is 9.63. The Balaban J connectivity index is 2.19. The van der Waals surface area contributed by atoms with Gasteiger partial charge in [-0.3, -0.25) is 0 Å². The van der Waals surface area contributed by atoms with Crippen LogP contribution in [0.1, 0.15) is 32.5 Å². The van der Waals surface area contributed by atoms with Gasteiger partial charge in [-0.1, -0.05) is 6.92 Å². The standard InChI is InChI=1S/C15H27N5/c1-5-13-17-14(16-6-2)10-15(18-13)20-9-7-8-12(11-20)19(3)4/h10,12H,5-9,11H2,1-4H3,(H,16,17,18). The third-order valence-corrected chi connectivity index (χ3v) is 3.88. The SMILES string of the molecule is CCNc1cc(N2CCCC(N(C)C)C2)nc(CC)n1. The molecule has 0 bridgehead atoms. The monoisotopic (exact) mass is 277 g/mol. The van der Waals surface area contributed by atoms with Gasteiger partial charge < -0.3 is 15.1 Å². The molecule has 1 aromatic rings. The van der Waals surface area contributed by atoms with Crippen LogP contribution >= 0.6 is 0 Å². The maximum absolute atomic E-state index is 4.71. The minimum absolute atomic E-state index is 0.617. The van der Waals surface area contributed by atoms with Gasteiger partial charge in [-0.2, -0.15) is 0 Å². The summed E-state index contributed by atoms with van der Waals surface area (Å²) in [7, 11) is 4.32. The maximum Gasteiger partial charge on any atom is 0.134 e. The smallest absolute Gasteiger partial charge is 0.134 e. The molecule has 1 saturated heterocycles. The molecule has 1 unspecified atom stereocenters. The zero-order valence-electron chi connectivity index (χ0n) is 13.2. The van der Waals surface area contributed by atoms with Gasteiger partial charge in [0.2, 0.25) is 0 Å². The van der Waals surface area contributed by atoms with Gasteiger partial charge in [0.25, 0.3) is 0 Å². The molecule has 1 atom stereocenters. The highest BCUT2D eigenvalue weighted by atomic mass is 15.3. The molecule has 0 amide bonds. The van der Waals surface area contributed by atoms with Crippen LogP contribution in [0.15, 0.2) is 6.07 Å². The highest BCUT2D eigenvalue weighted by Crippen LogP contribution is 2.22. The normalized spacial score (nSPS) is 19.4. The van der Waals surface area contributed by atoms with Crippen molar-refractivity contribution < 1.29 is 0 Å². The average Bonchev–Trinajstić information content (AvgIpc) is 2.47. The van der Waals surface area contributed by atoms with Crippen molar-refractivity contribution >= 4 is 11.6 Å². The van der Waals surface area contributed by atoms with Crippen molar-refractivity contribution in [2.75, 3.05) is 43.9 Å². The molecule has 112 valence electrons. The summed E-state index contributed by atoms with van der Waals surface area (Å²) in [5, 5.41) is 3.31. The Kier molecular flexibility index (Phi) is 5.17. The third-order valence-electron chi connectivity index (χ3n) is 3.88. The third kappa shape index (κ3) is 3.60. The second-order valence-corrected chi connectivity index (χ2v) is 5.62. The number of aromatic nitrogens is 2. The van der Waals surface area contributed by atoms with Crippen LogP contribution in [0.3, 0.4) is 0 Å². The summed E-state index contributed by atoms with van der Waals surface area (Å²) in [4.78, 5) is 14.0. The second kappa shape index (κ2) is 6.88. The van der Waals surface area contributed by atoms with Crippen molar-refractivity contribution in [2.45, 2.75) is 39.2 Å². The van der Waals surface area contributed by atoms with E-state index >= 15 is 0 Å². The molecule has 1 N–H and O–H groups in total. The van der Waals surface area contributed by atoms with E-state index in [0.717, 1.165) is 43.5 Å².